The Balaban J connectivity index is 1.78. The topological polar surface area (TPSA) is 28.2 Å². The first-order valence-corrected chi connectivity index (χ1v) is 7.72. The highest BCUT2D eigenvalue weighted by Gasteiger charge is 2.28. The fraction of sp³-hybridized carbons (Fsp3) is 0.267. The second-order valence-electron chi connectivity index (χ2n) is 5.22. The first kappa shape index (κ1) is 16.0. The van der Waals surface area contributed by atoms with Crippen molar-refractivity contribution in [3.05, 3.63) is 52.3 Å². The van der Waals surface area contributed by atoms with Crippen molar-refractivity contribution >= 4 is 27.3 Å². The van der Waals surface area contributed by atoms with Gasteiger partial charge in [-0.05, 0) is 34.5 Å². The average Bonchev–Trinajstić information content (AvgIpc) is 2.98. The number of hydrogen-bond donors (Lipinski definition) is 1. The standard InChI is InChI=1S/C15H12BrF4N3/c16-9-3-1-2-4-10(9)23-6-5-8(7-23)21-13-11(17)14(19)22-15(20)12(13)18/h1-4,8H,5-7H2,(H,21,22). The fourth-order valence-corrected chi connectivity index (χ4v) is 3.16. The molecule has 23 heavy (non-hydrogen) atoms. The van der Waals surface area contributed by atoms with E-state index in [-0.39, 0.29) is 6.04 Å². The molecule has 122 valence electrons. The monoisotopic (exact) mass is 389 g/mol. The zero-order valence-electron chi connectivity index (χ0n) is 11.8. The van der Waals surface area contributed by atoms with Crippen molar-refractivity contribution in [1.82, 2.24) is 4.98 Å². The smallest absolute Gasteiger partial charge is 0.253 e. The average molecular weight is 390 g/mol. The van der Waals surface area contributed by atoms with Crippen molar-refractivity contribution in [2.75, 3.05) is 23.3 Å². The van der Waals surface area contributed by atoms with E-state index in [1.807, 2.05) is 29.2 Å². The van der Waals surface area contributed by atoms with Gasteiger partial charge in [-0.15, -0.1) is 0 Å². The van der Waals surface area contributed by atoms with Gasteiger partial charge >= 0.3 is 0 Å². The first-order valence-electron chi connectivity index (χ1n) is 6.93. The summed E-state index contributed by atoms with van der Waals surface area (Å²) in [6.07, 6.45) is 0.575. The number of aromatic nitrogens is 1. The summed E-state index contributed by atoms with van der Waals surface area (Å²) >= 11 is 3.45. The summed E-state index contributed by atoms with van der Waals surface area (Å²) in [5.74, 6) is -6.34. The minimum absolute atomic E-state index is 0.340. The lowest BCUT2D eigenvalue weighted by atomic mass is 10.2. The highest BCUT2D eigenvalue weighted by atomic mass is 79.9. The SMILES string of the molecule is Fc1nc(F)c(F)c(NC2CCN(c3ccccc3Br)C2)c1F. The first-order chi connectivity index (χ1) is 11.0. The minimum atomic E-state index is -1.66. The number of halogens is 5. The summed E-state index contributed by atoms with van der Waals surface area (Å²) in [6, 6.07) is 7.23. The van der Waals surface area contributed by atoms with Gasteiger partial charge < -0.3 is 10.2 Å². The van der Waals surface area contributed by atoms with Crippen molar-refractivity contribution < 1.29 is 17.6 Å². The molecule has 1 fully saturated rings. The molecule has 3 rings (SSSR count). The molecule has 1 saturated heterocycles. The number of anilines is 2. The van der Waals surface area contributed by atoms with Crippen molar-refractivity contribution in [3.8, 4) is 0 Å². The van der Waals surface area contributed by atoms with Gasteiger partial charge in [-0.25, -0.2) is 0 Å². The second kappa shape index (κ2) is 6.35. The van der Waals surface area contributed by atoms with E-state index in [4.69, 9.17) is 0 Å². The molecule has 2 heterocycles. The Labute approximate surface area is 138 Å². The molecule has 1 aliphatic heterocycles. The molecule has 1 unspecified atom stereocenters. The molecule has 3 nitrogen and oxygen atoms in total. The predicted octanol–water partition coefficient (Wildman–Crippen LogP) is 4.09. The molecular weight excluding hydrogens is 378 g/mol. The largest absolute Gasteiger partial charge is 0.375 e. The van der Waals surface area contributed by atoms with Gasteiger partial charge in [0.2, 0.25) is 11.6 Å². The van der Waals surface area contributed by atoms with Crippen LogP contribution in [0.2, 0.25) is 0 Å². The summed E-state index contributed by atoms with van der Waals surface area (Å²) in [5.41, 5.74) is 0.138. The van der Waals surface area contributed by atoms with Crippen LogP contribution in [0.15, 0.2) is 28.7 Å². The lowest BCUT2D eigenvalue weighted by molar-refractivity contribution is 0.409. The Hall–Kier alpha value is -1.83. The van der Waals surface area contributed by atoms with Gasteiger partial charge in [-0.1, -0.05) is 12.1 Å². The van der Waals surface area contributed by atoms with E-state index in [0.717, 1.165) is 10.2 Å². The molecule has 0 spiro atoms. The third kappa shape index (κ3) is 3.12. The van der Waals surface area contributed by atoms with E-state index in [0.29, 0.717) is 19.5 Å². The van der Waals surface area contributed by atoms with E-state index >= 15 is 0 Å². The Morgan fingerprint density at radius 1 is 1.09 bits per heavy atom. The number of pyridine rings is 1. The van der Waals surface area contributed by atoms with Gasteiger partial charge in [-0.3, -0.25) is 0 Å². The van der Waals surface area contributed by atoms with E-state index in [1.54, 1.807) is 0 Å². The molecule has 0 amide bonds. The Kier molecular flexibility index (Phi) is 4.43. The van der Waals surface area contributed by atoms with E-state index in [1.165, 1.54) is 0 Å². The van der Waals surface area contributed by atoms with E-state index < -0.39 is 29.2 Å². The molecule has 1 aromatic heterocycles. The number of rotatable bonds is 3. The number of hydrogen-bond acceptors (Lipinski definition) is 3. The zero-order chi connectivity index (χ0) is 16.6. The lowest BCUT2D eigenvalue weighted by Gasteiger charge is -2.21. The summed E-state index contributed by atoms with van der Waals surface area (Å²) in [4.78, 5) is 4.56. The van der Waals surface area contributed by atoms with Gasteiger partial charge in [0.15, 0.2) is 0 Å². The third-order valence-electron chi connectivity index (χ3n) is 3.73. The van der Waals surface area contributed by atoms with Gasteiger partial charge in [-0.2, -0.15) is 22.5 Å². The summed E-state index contributed by atoms with van der Waals surface area (Å²) in [7, 11) is 0. The van der Waals surface area contributed by atoms with Gasteiger partial charge in [0.25, 0.3) is 11.9 Å². The van der Waals surface area contributed by atoms with Crippen LogP contribution in [-0.4, -0.2) is 24.1 Å². The molecular formula is C15H12BrF4N3. The van der Waals surface area contributed by atoms with E-state index in [2.05, 4.69) is 26.2 Å². The maximum absolute atomic E-state index is 13.7. The van der Waals surface area contributed by atoms with Crippen LogP contribution < -0.4 is 10.2 Å². The number of benzene rings is 1. The maximum Gasteiger partial charge on any atom is 0.253 e. The highest BCUT2D eigenvalue weighted by molar-refractivity contribution is 9.10. The van der Waals surface area contributed by atoms with Crippen molar-refractivity contribution in [1.29, 1.82) is 0 Å². The molecule has 8 heteroatoms. The molecule has 0 radical (unpaired) electrons. The molecule has 1 atom stereocenters. The quantitative estimate of drug-likeness (QED) is 0.632. The number of para-hydroxylation sites is 1. The number of nitrogens with one attached hydrogen (secondary N) is 1. The van der Waals surface area contributed by atoms with E-state index in [9.17, 15) is 17.6 Å². The highest BCUT2D eigenvalue weighted by Crippen LogP contribution is 2.30. The van der Waals surface area contributed by atoms with Gasteiger partial charge in [0, 0.05) is 23.6 Å². The maximum atomic E-state index is 13.7. The normalized spacial score (nSPS) is 17.6. The molecule has 0 bridgehead atoms. The summed E-state index contributed by atoms with van der Waals surface area (Å²) < 4.78 is 54.5. The molecule has 2 aromatic rings. The predicted molar refractivity (Wildman–Crippen MR) is 82.5 cm³/mol. The lowest BCUT2D eigenvalue weighted by Crippen LogP contribution is -2.27. The van der Waals surface area contributed by atoms with Crippen molar-refractivity contribution in [2.45, 2.75) is 12.5 Å². The van der Waals surface area contributed by atoms with Crippen molar-refractivity contribution in [3.63, 3.8) is 0 Å². The Morgan fingerprint density at radius 2 is 1.74 bits per heavy atom. The Morgan fingerprint density at radius 3 is 2.39 bits per heavy atom. The summed E-state index contributed by atoms with van der Waals surface area (Å²) in [5, 5.41) is 2.55. The van der Waals surface area contributed by atoms with Crippen LogP contribution >= 0.6 is 15.9 Å². The van der Waals surface area contributed by atoms with Crippen LogP contribution in [-0.2, 0) is 0 Å². The molecule has 0 aliphatic carbocycles. The van der Waals surface area contributed by atoms with Crippen molar-refractivity contribution in [2.24, 2.45) is 0 Å². The molecule has 1 N–H and O–H groups in total. The zero-order valence-corrected chi connectivity index (χ0v) is 13.4. The van der Waals surface area contributed by atoms with Crippen LogP contribution in [0.5, 0.6) is 0 Å². The minimum Gasteiger partial charge on any atom is -0.375 e. The van der Waals surface area contributed by atoms with Crippen LogP contribution in [0.4, 0.5) is 28.9 Å². The van der Waals surface area contributed by atoms with Crippen LogP contribution in [0, 0.1) is 23.5 Å². The van der Waals surface area contributed by atoms with Gasteiger partial charge in [0.1, 0.15) is 5.69 Å². The third-order valence-corrected chi connectivity index (χ3v) is 4.40. The van der Waals surface area contributed by atoms with Crippen LogP contribution in [0.25, 0.3) is 0 Å². The summed E-state index contributed by atoms with van der Waals surface area (Å²) in [6.45, 7) is 1.10. The van der Waals surface area contributed by atoms with Crippen LogP contribution in [0.3, 0.4) is 0 Å². The molecule has 1 aromatic carbocycles. The second-order valence-corrected chi connectivity index (χ2v) is 6.08. The number of nitrogens with zero attached hydrogens (tertiary/aromatic N) is 2. The van der Waals surface area contributed by atoms with Crippen LogP contribution in [0.1, 0.15) is 6.42 Å². The molecule has 0 saturated carbocycles. The fourth-order valence-electron chi connectivity index (χ4n) is 2.62. The Bertz CT molecular complexity index is 715. The molecule has 1 aliphatic rings. The van der Waals surface area contributed by atoms with Gasteiger partial charge in [0.05, 0.1) is 5.69 Å².